The van der Waals surface area contributed by atoms with Crippen LogP contribution in [0.5, 0.6) is 5.75 Å². The molecule has 0 aromatic heterocycles. The van der Waals surface area contributed by atoms with Crippen LogP contribution in [0.15, 0.2) is 30.3 Å². The number of halogens is 1. The number of benzene rings is 1. The van der Waals surface area contributed by atoms with E-state index in [4.69, 9.17) is 21.1 Å². The van der Waals surface area contributed by atoms with E-state index in [9.17, 15) is 0 Å². The number of nitrogens with zero attached hydrogens (tertiary/aromatic N) is 1. The number of methoxy groups -OCH3 is 1. The summed E-state index contributed by atoms with van der Waals surface area (Å²) >= 11 is 6.09. The Morgan fingerprint density at radius 3 is 2.67 bits per heavy atom. The minimum Gasteiger partial charge on any atom is -0.494 e. The van der Waals surface area contributed by atoms with Crippen LogP contribution in [0, 0.1) is 0 Å². The SMILES string of the molecule is COCC(Cl)CN(C)CCCOc1ccccc1. The fraction of sp³-hybridized carbons (Fsp3) is 0.571. The molecule has 18 heavy (non-hydrogen) atoms. The van der Waals surface area contributed by atoms with Gasteiger partial charge in [-0.1, -0.05) is 18.2 Å². The summed E-state index contributed by atoms with van der Waals surface area (Å²) in [5.41, 5.74) is 0. The van der Waals surface area contributed by atoms with Gasteiger partial charge in [-0.25, -0.2) is 0 Å². The molecule has 0 heterocycles. The molecule has 1 atom stereocenters. The zero-order valence-electron chi connectivity index (χ0n) is 11.1. The Hall–Kier alpha value is -0.770. The molecule has 1 rings (SSSR count). The number of hydrogen-bond acceptors (Lipinski definition) is 3. The quantitative estimate of drug-likeness (QED) is 0.509. The minimum absolute atomic E-state index is 0.0510. The van der Waals surface area contributed by atoms with Crippen LogP contribution in [-0.2, 0) is 4.74 Å². The van der Waals surface area contributed by atoms with Crippen molar-refractivity contribution in [3.8, 4) is 5.75 Å². The number of hydrogen-bond donors (Lipinski definition) is 0. The van der Waals surface area contributed by atoms with Crippen molar-refractivity contribution in [2.75, 3.05) is 40.5 Å². The lowest BCUT2D eigenvalue weighted by atomic mass is 10.3. The third-order valence-corrected chi connectivity index (χ3v) is 2.82. The summed E-state index contributed by atoms with van der Waals surface area (Å²) in [7, 11) is 3.73. The zero-order chi connectivity index (χ0) is 13.2. The van der Waals surface area contributed by atoms with Gasteiger partial charge in [-0.3, -0.25) is 0 Å². The van der Waals surface area contributed by atoms with Crippen molar-refractivity contribution in [3.05, 3.63) is 30.3 Å². The lowest BCUT2D eigenvalue weighted by Crippen LogP contribution is -2.30. The van der Waals surface area contributed by atoms with Crippen LogP contribution in [0.25, 0.3) is 0 Å². The molecule has 0 spiro atoms. The predicted molar refractivity (Wildman–Crippen MR) is 75.6 cm³/mol. The van der Waals surface area contributed by atoms with Gasteiger partial charge in [0.05, 0.1) is 18.6 Å². The first-order chi connectivity index (χ1) is 8.72. The Labute approximate surface area is 115 Å². The number of ether oxygens (including phenoxy) is 2. The molecule has 0 saturated heterocycles. The van der Waals surface area contributed by atoms with Crippen molar-refractivity contribution in [1.82, 2.24) is 4.90 Å². The zero-order valence-corrected chi connectivity index (χ0v) is 11.9. The van der Waals surface area contributed by atoms with Crippen LogP contribution >= 0.6 is 11.6 Å². The smallest absolute Gasteiger partial charge is 0.119 e. The average molecular weight is 272 g/mol. The Bertz CT molecular complexity index is 308. The normalized spacial score (nSPS) is 12.7. The van der Waals surface area contributed by atoms with Gasteiger partial charge in [-0.2, -0.15) is 0 Å². The van der Waals surface area contributed by atoms with Crippen molar-refractivity contribution in [3.63, 3.8) is 0 Å². The lowest BCUT2D eigenvalue weighted by molar-refractivity contribution is 0.180. The Balaban J connectivity index is 2.07. The first-order valence-electron chi connectivity index (χ1n) is 6.21. The summed E-state index contributed by atoms with van der Waals surface area (Å²) in [5, 5.41) is 0.0510. The number of rotatable bonds is 9. The third kappa shape index (κ3) is 6.84. The monoisotopic (exact) mass is 271 g/mol. The first kappa shape index (κ1) is 15.3. The van der Waals surface area contributed by atoms with Gasteiger partial charge in [0.25, 0.3) is 0 Å². The molecule has 3 nitrogen and oxygen atoms in total. The molecule has 0 N–H and O–H groups in total. The third-order valence-electron chi connectivity index (χ3n) is 2.55. The standard InChI is InChI=1S/C14H22ClNO2/c1-16(11-13(15)12-17-2)9-6-10-18-14-7-4-3-5-8-14/h3-5,7-8,13H,6,9-12H2,1-2H3. The molecular weight excluding hydrogens is 250 g/mol. The van der Waals surface area contributed by atoms with Gasteiger partial charge in [0.1, 0.15) is 5.75 Å². The van der Waals surface area contributed by atoms with Gasteiger partial charge in [-0.15, -0.1) is 11.6 Å². The predicted octanol–water partition coefficient (Wildman–Crippen LogP) is 2.64. The van der Waals surface area contributed by atoms with Crippen LogP contribution < -0.4 is 4.74 Å². The molecule has 0 aliphatic carbocycles. The number of para-hydroxylation sites is 1. The highest BCUT2D eigenvalue weighted by molar-refractivity contribution is 6.20. The molecule has 0 aliphatic rings. The largest absolute Gasteiger partial charge is 0.494 e. The van der Waals surface area contributed by atoms with Crippen molar-refractivity contribution in [1.29, 1.82) is 0 Å². The van der Waals surface area contributed by atoms with E-state index in [0.717, 1.165) is 31.9 Å². The fourth-order valence-corrected chi connectivity index (χ4v) is 2.07. The second-order valence-electron chi connectivity index (χ2n) is 4.33. The van der Waals surface area contributed by atoms with Gasteiger partial charge in [0.2, 0.25) is 0 Å². The fourth-order valence-electron chi connectivity index (χ4n) is 1.70. The van der Waals surface area contributed by atoms with E-state index in [-0.39, 0.29) is 5.38 Å². The maximum atomic E-state index is 6.09. The van der Waals surface area contributed by atoms with E-state index in [1.807, 2.05) is 30.3 Å². The van der Waals surface area contributed by atoms with E-state index in [1.54, 1.807) is 7.11 Å². The summed E-state index contributed by atoms with van der Waals surface area (Å²) in [5.74, 6) is 0.926. The van der Waals surface area contributed by atoms with Crippen molar-refractivity contribution >= 4 is 11.6 Å². The van der Waals surface area contributed by atoms with Crippen LogP contribution in [0.3, 0.4) is 0 Å². The molecular formula is C14H22ClNO2. The van der Waals surface area contributed by atoms with E-state index in [1.165, 1.54) is 0 Å². The molecule has 4 heteroatoms. The maximum Gasteiger partial charge on any atom is 0.119 e. The Morgan fingerprint density at radius 1 is 1.28 bits per heavy atom. The molecule has 0 radical (unpaired) electrons. The van der Waals surface area contributed by atoms with Crippen LogP contribution in [0.4, 0.5) is 0 Å². The van der Waals surface area contributed by atoms with Crippen LogP contribution in [0.1, 0.15) is 6.42 Å². The Kier molecular flexibility index (Phi) is 7.81. The molecule has 0 fully saturated rings. The maximum absolute atomic E-state index is 6.09. The Morgan fingerprint density at radius 2 is 2.00 bits per heavy atom. The van der Waals surface area contributed by atoms with E-state index < -0.39 is 0 Å². The molecule has 1 aromatic carbocycles. The summed E-state index contributed by atoms with van der Waals surface area (Å²) in [6.45, 7) is 3.12. The summed E-state index contributed by atoms with van der Waals surface area (Å²) in [6.07, 6.45) is 0.988. The van der Waals surface area contributed by atoms with E-state index in [0.29, 0.717) is 6.61 Å². The van der Waals surface area contributed by atoms with Gasteiger partial charge in [0.15, 0.2) is 0 Å². The minimum atomic E-state index is 0.0510. The molecule has 1 aromatic rings. The van der Waals surface area contributed by atoms with Crippen molar-refractivity contribution < 1.29 is 9.47 Å². The molecule has 0 aliphatic heterocycles. The summed E-state index contributed by atoms with van der Waals surface area (Å²) in [6, 6.07) is 9.87. The average Bonchev–Trinajstić information content (AvgIpc) is 2.36. The molecule has 0 bridgehead atoms. The van der Waals surface area contributed by atoms with Crippen molar-refractivity contribution in [2.24, 2.45) is 0 Å². The van der Waals surface area contributed by atoms with E-state index >= 15 is 0 Å². The van der Waals surface area contributed by atoms with Gasteiger partial charge in [-0.05, 0) is 25.6 Å². The first-order valence-corrected chi connectivity index (χ1v) is 6.65. The highest BCUT2D eigenvalue weighted by Crippen LogP contribution is 2.08. The molecule has 1 unspecified atom stereocenters. The second-order valence-corrected chi connectivity index (χ2v) is 4.95. The highest BCUT2D eigenvalue weighted by Gasteiger charge is 2.07. The summed E-state index contributed by atoms with van der Waals surface area (Å²) < 4.78 is 10.6. The van der Waals surface area contributed by atoms with Crippen LogP contribution in [-0.4, -0.2) is 50.7 Å². The highest BCUT2D eigenvalue weighted by atomic mass is 35.5. The lowest BCUT2D eigenvalue weighted by Gasteiger charge is -2.19. The van der Waals surface area contributed by atoms with Gasteiger partial charge >= 0.3 is 0 Å². The van der Waals surface area contributed by atoms with Gasteiger partial charge < -0.3 is 14.4 Å². The van der Waals surface area contributed by atoms with Gasteiger partial charge in [0, 0.05) is 20.2 Å². The van der Waals surface area contributed by atoms with E-state index in [2.05, 4.69) is 11.9 Å². The summed E-state index contributed by atoms with van der Waals surface area (Å²) in [4.78, 5) is 2.20. The number of alkyl halides is 1. The van der Waals surface area contributed by atoms with Crippen LogP contribution in [0.2, 0.25) is 0 Å². The molecule has 102 valence electrons. The topological polar surface area (TPSA) is 21.7 Å². The molecule has 0 amide bonds. The van der Waals surface area contributed by atoms with Crippen molar-refractivity contribution in [2.45, 2.75) is 11.8 Å². The molecule has 0 saturated carbocycles. The second kappa shape index (κ2) is 9.20.